The van der Waals surface area contributed by atoms with Crippen LogP contribution in [0.15, 0.2) is 0 Å². The van der Waals surface area contributed by atoms with Gasteiger partial charge in [0.1, 0.15) is 0 Å². The minimum absolute atomic E-state index is 0. The van der Waals surface area contributed by atoms with Crippen molar-refractivity contribution in [3.05, 3.63) is 0 Å². The molecule has 0 aliphatic carbocycles. The molecule has 0 aromatic carbocycles. The van der Waals surface area contributed by atoms with Crippen LogP contribution in [-0.4, -0.2) is 75.5 Å². The van der Waals surface area contributed by atoms with Gasteiger partial charge in [-0.15, -0.1) is 0 Å². The summed E-state index contributed by atoms with van der Waals surface area (Å²) in [5.41, 5.74) is 21.1. The van der Waals surface area contributed by atoms with Crippen molar-refractivity contribution in [3.63, 3.8) is 0 Å². The molecular weight excluding hydrogens is 644 g/mol. The molecule has 0 heterocycles. The number of nitrogens with two attached hydrogens (primary N) is 4. The van der Waals surface area contributed by atoms with Gasteiger partial charge in [0, 0.05) is 29.5 Å². The Bertz CT molecular complexity index is 686. The summed E-state index contributed by atoms with van der Waals surface area (Å²) in [7, 11) is -12.3. The van der Waals surface area contributed by atoms with Gasteiger partial charge in [0.15, 0.2) is 0 Å². The molecule has 0 aliphatic heterocycles. The van der Waals surface area contributed by atoms with E-state index >= 15 is 0 Å². The third-order valence-electron chi connectivity index (χ3n) is 5.90. The van der Waals surface area contributed by atoms with Gasteiger partial charge in [-0.05, 0) is 99.1 Å². The summed E-state index contributed by atoms with van der Waals surface area (Å²) in [5.74, 6) is 0.401. The molecule has 8 N–H and O–H groups in total. The zero-order valence-electron chi connectivity index (χ0n) is 26.7. The Hall–Kier alpha value is 1.31. The van der Waals surface area contributed by atoms with E-state index < -0.39 is 29.5 Å². The maximum absolute atomic E-state index is 10.9. The first-order valence-corrected chi connectivity index (χ1v) is 22.0. The fourth-order valence-electron chi connectivity index (χ4n) is 2.71. The monoisotopic (exact) mass is 704 g/mol. The standard InChI is InChI=1S/4C6H16NO2P.Ti/c4*1-3-10(8,9)5-6(2)4-7;/h4*6H,3-5,7H2,1-2H3,(H,8,9);/q;;;;+4/p-4. The predicted molar refractivity (Wildman–Crippen MR) is 165 cm³/mol. The van der Waals surface area contributed by atoms with Gasteiger partial charge in [-0.3, -0.25) is 0 Å². The summed E-state index contributed by atoms with van der Waals surface area (Å²) in [6, 6.07) is 0. The Kier molecular flexibility index (Phi) is 34.9. The van der Waals surface area contributed by atoms with E-state index in [9.17, 15) is 37.8 Å². The van der Waals surface area contributed by atoms with Crippen molar-refractivity contribution < 1.29 is 59.6 Å². The molecule has 0 aromatic rings. The summed E-state index contributed by atoms with van der Waals surface area (Å²) in [6.07, 6.45) is 1.99. The van der Waals surface area contributed by atoms with Crippen LogP contribution in [0, 0.1) is 23.7 Å². The maximum atomic E-state index is 10.9. The average Bonchev–Trinajstić information content (AvgIpc) is 2.88. The van der Waals surface area contributed by atoms with Gasteiger partial charge in [0.25, 0.3) is 0 Å². The second kappa shape index (κ2) is 27.6. The zero-order chi connectivity index (χ0) is 32.8. The molecule has 0 amide bonds. The SMILES string of the molecule is CCP(=O)([O-])CC(C)CN.CCP(=O)([O-])CC(C)CN.CCP(=O)([O-])CC(C)CN.CCP(=O)([O-])CC(C)CN.[Ti+4]. The van der Waals surface area contributed by atoms with Crippen molar-refractivity contribution in [1.82, 2.24) is 0 Å². The van der Waals surface area contributed by atoms with E-state index in [0.29, 0.717) is 26.2 Å². The second-order valence-electron chi connectivity index (χ2n) is 10.6. The van der Waals surface area contributed by atoms with Crippen molar-refractivity contribution in [1.29, 1.82) is 0 Å². The molecule has 248 valence electrons. The molecule has 0 bridgehead atoms. The van der Waals surface area contributed by atoms with Crippen molar-refractivity contribution in [2.45, 2.75) is 55.4 Å². The van der Waals surface area contributed by atoms with Crippen LogP contribution >= 0.6 is 29.5 Å². The molecule has 0 radical (unpaired) electrons. The topological polar surface area (TPSA) is 265 Å². The van der Waals surface area contributed by atoms with Gasteiger partial charge in [-0.1, -0.05) is 55.4 Å². The molecule has 0 saturated carbocycles. The summed E-state index contributed by atoms with van der Waals surface area (Å²) in [4.78, 5) is 43.8. The van der Waals surface area contributed by atoms with Crippen LogP contribution < -0.4 is 42.5 Å². The van der Waals surface area contributed by atoms with Gasteiger partial charge in [0.05, 0.1) is 0 Å². The van der Waals surface area contributed by atoms with Crippen LogP contribution in [0.1, 0.15) is 55.4 Å². The third kappa shape index (κ3) is 37.4. The Morgan fingerprint density at radius 3 is 0.634 bits per heavy atom. The molecule has 41 heavy (non-hydrogen) atoms. The van der Waals surface area contributed by atoms with E-state index in [-0.39, 0.29) is 94.7 Å². The van der Waals surface area contributed by atoms with Gasteiger partial charge in [-0.2, -0.15) is 0 Å². The molecular formula is C24H60N4O8P4Ti. The van der Waals surface area contributed by atoms with Crippen LogP contribution in [-0.2, 0) is 40.0 Å². The largest absolute Gasteiger partial charge is 4.00 e. The minimum atomic E-state index is -3.08. The fraction of sp³-hybridized carbons (Fsp3) is 1.00. The van der Waals surface area contributed by atoms with E-state index in [0.717, 1.165) is 0 Å². The Morgan fingerprint density at radius 1 is 0.439 bits per heavy atom. The van der Waals surface area contributed by atoms with Gasteiger partial charge < -0.3 is 60.8 Å². The summed E-state index contributed by atoms with van der Waals surface area (Å²) in [5, 5.41) is 0. The van der Waals surface area contributed by atoms with Crippen LogP contribution in [0.3, 0.4) is 0 Å². The molecule has 8 atom stereocenters. The molecule has 8 unspecified atom stereocenters. The molecule has 17 heteroatoms. The average molecular weight is 705 g/mol. The quantitative estimate of drug-likeness (QED) is 0.129. The van der Waals surface area contributed by atoms with E-state index in [2.05, 4.69) is 0 Å². The fourth-order valence-corrected chi connectivity index (χ4v) is 8.14. The van der Waals surface area contributed by atoms with Crippen molar-refractivity contribution in [2.24, 2.45) is 46.6 Å². The van der Waals surface area contributed by atoms with Gasteiger partial charge in [0.2, 0.25) is 0 Å². The molecule has 0 aromatic heterocycles. The molecule has 0 aliphatic rings. The Balaban J connectivity index is -0.000000139. The molecule has 0 rings (SSSR count). The third-order valence-corrected chi connectivity index (χ3v) is 14.5. The van der Waals surface area contributed by atoms with E-state index in [4.69, 9.17) is 22.9 Å². The Labute approximate surface area is 265 Å². The summed E-state index contributed by atoms with van der Waals surface area (Å²) < 4.78 is 43.8. The van der Waals surface area contributed by atoms with Crippen molar-refractivity contribution >= 4 is 29.5 Å². The minimum Gasteiger partial charge on any atom is -0.799 e. The molecule has 0 spiro atoms. The first kappa shape index (κ1) is 51.9. The van der Waals surface area contributed by atoms with Crippen LogP contribution in [0.4, 0.5) is 0 Å². The number of hydrogen-bond donors (Lipinski definition) is 4. The van der Waals surface area contributed by atoms with Gasteiger partial charge >= 0.3 is 21.7 Å². The normalized spacial score (nSPS) is 19.5. The van der Waals surface area contributed by atoms with E-state index in [1.54, 1.807) is 27.7 Å². The van der Waals surface area contributed by atoms with E-state index in [1.165, 1.54) is 0 Å². The Morgan fingerprint density at radius 2 is 0.561 bits per heavy atom. The van der Waals surface area contributed by atoms with Crippen molar-refractivity contribution in [2.75, 3.05) is 75.5 Å². The second-order valence-corrected chi connectivity index (χ2v) is 21.1. The van der Waals surface area contributed by atoms with Crippen LogP contribution in [0.25, 0.3) is 0 Å². The zero-order valence-corrected chi connectivity index (χ0v) is 31.8. The molecule has 0 saturated heterocycles. The first-order chi connectivity index (χ1) is 18.1. The van der Waals surface area contributed by atoms with Crippen LogP contribution in [0.5, 0.6) is 0 Å². The summed E-state index contributed by atoms with van der Waals surface area (Å²) in [6.45, 7) is 15.8. The van der Waals surface area contributed by atoms with Crippen molar-refractivity contribution in [3.8, 4) is 0 Å². The molecule has 0 fully saturated rings. The van der Waals surface area contributed by atoms with E-state index in [1.807, 2.05) is 27.7 Å². The molecule has 12 nitrogen and oxygen atoms in total. The number of rotatable bonds is 16. The maximum Gasteiger partial charge on any atom is 4.00 e. The number of hydrogen-bond acceptors (Lipinski definition) is 12. The summed E-state index contributed by atoms with van der Waals surface area (Å²) >= 11 is 0. The predicted octanol–water partition coefficient (Wildman–Crippen LogP) is 0.956. The first-order valence-electron chi connectivity index (χ1n) is 14.0. The van der Waals surface area contributed by atoms with Gasteiger partial charge in [-0.25, -0.2) is 0 Å². The smallest absolute Gasteiger partial charge is 0.799 e. The van der Waals surface area contributed by atoms with Crippen LogP contribution in [0.2, 0.25) is 0 Å².